The van der Waals surface area contributed by atoms with Crippen molar-refractivity contribution in [1.82, 2.24) is 10.6 Å². The second kappa shape index (κ2) is 10.8. The van der Waals surface area contributed by atoms with Crippen LogP contribution in [0.4, 0.5) is 0 Å². The summed E-state index contributed by atoms with van der Waals surface area (Å²) in [6.45, 7) is 3.38. The Hall–Kier alpha value is -1.96. The Balaban J connectivity index is 0.00000312. The molecule has 2 aromatic rings. The van der Waals surface area contributed by atoms with Gasteiger partial charge in [0, 0.05) is 20.1 Å². The van der Waals surface area contributed by atoms with E-state index < -0.39 is 0 Å². The molecular formula is C19H26IN3O2. The molecule has 0 aromatic heterocycles. The molecule has 0 aliphatic rings. The second-order valence-corrected chi connectivity index (χ2v) is 5.43. The third kappa shape index (κ3) is 6.45. The lowest BCUT2D eigenvalue weighted by atomic mass is 10.1. The van der Waals surface area contributed by atoms with E-state index in [9.17, 15) is 0 Å². The topological polar surface area (TPSA) is 54.9 Å². The first-order valence-corrected chi connectivity index (χ1v) is 7.87. The minimum Gasteiger partial charge on any atom is -0.497 e. The van der Waals surface area contributed by atoms with Gasteiger partial charge in [-0.2, -0.15) is 0 Å². The van der Waals surface area contributed by atoms with Crippen molar-refractivity contribution in [3.63, 3.8) is 0 Å². The standard InChI is InChI=1S/C19H25N3O2.HI/c1-14-8-9-16(11-18(14)24-4)13-22-19(20-2)21-12-15-6-5-7-17(10-15)23-3;/h5-11H,12-13H2,1-4H3,(H2,20,21,22);1H. The number of rotatable bonds is 6. The van der Waals surface area contributed by atoms with Crippen LogP contribution in [0.25, 0.3) is 0 Å². The van der Waals surface area contributed by atoms with Crippen LogP contribution in [0.1, 0.15) is 16.7 Å². The van der Waals surface area contributed by atoms with E-state index in [1.54, 1.807) is 21.3 Å². The van der Waals surface area contributed by atoms with Crippen molar-refractivity contribution >= 4 is 29.9 Å². The molecule has 25 heavy (non-hydrogen) atoms. The fraction of sp³-hybridized carbons (Fsp3) is 0.316. The van der Waals surface area contributed by atoms with Crippen LogP contribution < -0.4 is 20.1 Å². The van der Waals surface area contributed by atoms with Gasteiger partial charge >= 0.3 is 0 Å². The molecule has 0 aliphatic carbocycles. The van der Waals surface area contributed by atoms with Gasteiger partial charge in [0.15, 0.2) is 5.96 Å². The van der Waals surface area contributed by atoms with Gasteiger partial charge in [0.1, 0.15) is 11.5 Å². The molecule has 2 rings (SSSR count). The highest BCUT2D eigenvalue weighted by molar-refractivity contribution is 14.0. The van der Waals surface area contributed by atoms with Crippen molar-refractivity contribution in [3.05, 3.63) is 59.2 Å². The Labute approximate surface area is 166 Å². The summed E-state index contributed by atoms with van der Waals surface area (Å²) in [5.41, 5.74) is 3.40. The number of hydrogen-bond acceptors (Lipinski definition) is 3. The molecule has 5 nitrogen and oxygen atoms in total. The smallest absolute Gasteiger partial charge is 0.191 e. The number of halogens is 1. The van der Waals surface area contributed by atoms with Crippen LogP contribution in [0, 0.1) is 6.92 Å². The van der Waals surface area contributed by atoms with E-state index in [1.807, 2.05) is 37.3 Å². The van der Waals surface area contributed by atoms with E-state index in [0.717, 1.165) is 34.1 Å². The monoisotopic (exact) mass is 455 g/mol. The van der Waals surface area contributed by atoms with Crippen molar-refractivity contribution in [2.24, 2.45) is 4.99 Å². The molecule has 0 radical (unpaired) electrons. The lowest BCUT2D eigenvalue weighted by Gasteiger charge is -2.13. The molecule has 0 amide bonds. The van der Waals surface area contributed by atoms with Gasteiger partial charge < -0.3 is 20.1 Å². The molecule has 136 valence electrons. The molecule has 0 saturated carbocycles. The summed E-state index contributed by atoms with van der Waals surface area (Å²) in [6.07, 6.45) is 0. The van der Waals surface area contributed by atoms with E-state index in [2.05, 4.69) is 27.8 Å². The molecule has 0 unspecified atom stereocenters. The lowest BCUT2D eigenvalue weighted by Crippen LogP contribution is -2.36. The number of nitrogens with one attached hydrogen (secondary N) is 2. The van der Waals surface area contributed by atoms with Gasteiger partial charge in [-0.25, -0.2) is 0 Å². The minimum absolute atomic E-state index is 0. The number of ether oxygens (including phenoxy) is 2. The summed E-state index contributed by atoms with van der Waals surface area (Å²) in [4.78, 5) is 4.25. The average molecular weight is 455 g/mol. The number of hydrogen-bond donors (Lipinski definition) is 2. The Morgan fingerprint density at radius 1 is 0.960 bits per heavy atom. The maximum atomic E-state index is 5.36. The van der Waals surface area contributed by atoms with Gasteiger partial charge in [-0.15, -0.1) is 24.0 Å². The predicted molar refractivity (Wildman–Crippen MR) is 113 cm³/mol. The zero-order valence-electron chi connectivity index (χ0n) is 15.1. The number of guanidine groups is 1. The van der Waals surface area contributed by atoms with E-state index in [0.29, 0.717) is 13.1 Å². The van der Waals surface area contributed by atoms with Crippen LogP contribution in [0.5, 0.6) is 11.5 Å². The van der Waals surface area contributed by atoms with E-state index in [-0.39, 0.29) is 24.0 Å². The third-order valence-corrected chi connectivity index (χ3v) is 3.75. The molecule has 0 fully saturated rings. The first-order chi connectivity index (χ1) is 11.7. The highest BCUT2D eigenvalue weighted by Crippen LogP contribution is 2.18. The quantitative estimate of drug-likeness (QED) is 0.398. The van der Waals surface area contributed by atoms with Gasteiger partial charge in [-0.05, 0) is 41.8 Å². The molecule has 0 bridgehead atoms. The van der Waals surface area contributed by atoms with Crippen LogP contribution in [-0.4, -0.2) is 27.2 Å². The molecular weight excluding hydrogens is 429 g/mol. The van der Waals surface area contributed by atoms with Crippen LogP contribution >= 0.6 is 24.0 Å². The van der Waals surface area contributed by atoms with Crippen molar-refractivity contribution in [2.75, 3.05) is 21.3 Å². The fourth-order valence-corrected chi connectivity index (χ4v) is 2.35. The van der Waals surface area contributed by atoms with Gasteiger partial charge in [0.2, 0.25) is 0 Å². The summed E-state index contributed by atoms with van der Waals surface area (Å²) < 4.78 is 10.6. The number of nitrogens with zero attached hydrogens (tertiary/aromatic N) is 1. The molecule has 0 spiro atoms. The molecule has 0 heterocycles. The van der Waals surface area contributed by atoms with Gasteiger partial charge in [-0.3, -0.25) is 4.99 Å². The molecule has 2 N–H and O–H groups in total. The number of methoxy groups -OCH3 is 2. The Kier molecular flexibility index (Phi) is 9.12. The first-order valence-electron chi connectivity index (χ1n) is 7.87. The van der Waals surface area contributed by atoms with Crippen molar-refractivity contribution in [2.45, 2.75) is 20.0 Å². The normalized spacial score (nSPS) is 10.6. The summed E-state index contributed by atoms with van der Waals surface area (Å²) in [7, 11) is 5.12. The van der Waals surface area contributed by atoms with E-state index in [4.69, 9.17) is 9.47 Å². The molecule has 0 atom stereocenters. The second-order valence-electron chi connectivity index (χ2n) is 5.43. The van der Waals surface area contributed by atoms with Gasteiger partial charge in [-0.1, -0.05) is 24.3 Å². The average Bonchev–Trinajstić information content (AvgIpc) is 2.63. The fourth-order valence-electron chi connectivity index (χ4n) is 2.35. The largest absolute Gasteiger partial charge is 0.497 e. The Morgan fingerprint density at radius 2 is 1.64 bits per heavy atom. The Bertz CT molecular complexity index is 705. The number of aryl methyl sites for hydroxylation is 1. The highest BCUT2D eigenvalue weighted by atomic mass is 127. The number of benzene rings is 2. The van der Waals surface area contributed by atoms with Crippen molar-refractivity contribution in [1.29, 1.82) is 0 Å². The summed E-state index contributed by atoms with van der Waals surface area (Å²) in [6, 6.07) is 14.1. The summed E-state index contributed by atoms with van der Waals surface area (Å²) in [5, 5.41) is 6.61. The van der Waals surface area contributed by atoms with Gasteiger partial charge in [0.25, 0.3) is 0 Å². The zero-order chi connectivity index (χ0) is 17.4. The molecule has 6 heteroatoms. The SMILES string of the molecule is CN=C(NCc1cccc(OC)c1)NCc1ccc(C)c(OC)c1.I. The predicted octanol–water partition coefficient (Wildman–Crippen LogP) is 3.50. The third-order valence-electron chi connectivity index (χ3n) is 3.75. The van der Waals surface area contributed by atoms with E-state index >= 15 is 0 Å². The van der Waals surface area contributed by atoms with Crippen LogP contribution in [0.15, 0.2) is 47.5 Å². The summed E-state index contributed by atoms with van der Waals surface area (Å²) in [5.74, 6) is 2.50. The summed E-state index contributed by atoms with van der Waals surface area (Å²) >= 11 is 0. The maximum Gasteiger partial charge on any atom is 0.191 e. The van der Waals surface area contributed by atoms with Crippen LogP contribution in [0.3, 0.4) is 0 Å². The number of aliphatic imine (C=N–C) groups is 1. The van der Waals surface area contributed by atoms with Crippen molar-refractivity contribution < 1.29 is 9.47 Å². The maximum absolute atomic E-state index is 5.36. The first kappa shape index (κ1) is 21.1. The van der Waals surface area contributed by atoms with Gasteiger partial charge in [0.05, 0.1) is 14.2 Å². The Morgan fingerprint density at radius 3 is 2.24 bits per heavy atom. The highest BCUT2D eigenvalue weighted by Gasteiger charge is 2.03. The lowest BCUT2D eigenvalue weighted by molar-refractivity contribution is 0.411. The van der Waals surface area contributed by atoms with Crippen LogP contribution in [-0.2, 0) is 13.1 Å². The van der Waals surface area contributed by atoms with Crippen LogP contribution in [0.2, 0.25) is 0 Å². The zero-order valence-corrected chi connectivity index (χ0v) is 17.5. The molecule has 2 aromatic carbocycles. The van der Waals surface area contributed by atoms with Crippen molar-refractivity contribution in [3.8, 4) is 11.5 Å². The molecule has 0 saturated heterocycles. The molecule has 0 aliphatic heterocycles. The minimum atomic E-state index is 0. The van der Waals surface area contributed by atoms with E-state index in [1.165, 1.54) is 0 Å².